The molecule has 0 unspecified atom stereocenters. The molecule has 4 nitrogen and oxygen atoms in total. The number of nitrogens with one attached hydrogen (secondary N) is 1. The van der Waals surface area contributed by atoms with Gasteiger partial charge in [0.1, 0.15) is 11.3 Å². The van der Waals surface area contributed by atoms with E-state index in [1.54, 1.807) is 6.20 Å². The predicted molar refractivity (Wildman–Crippen MR) is 65.5 cm³/mol. The maximum Gasteiger partial charge on any atom is 0.156 e. The number of aryl methyl sites for hydroxylation is 1. The van der Waals surface area contributed by atoms with Gasteiger partial charge in [-0.1, -0.05) is 6.92 Å². The van der Waals surface area contributed by atoms with E-state index in [0.29, 0.717) is 6.04 Å². The Hall–Kier alpha value is -1.71. The van der Waals surface area contributed by atoms with Crippen molar-refractivity contribution in [3.63, 3.8) is 0 Å². The average Bonchev–Trinajstić information content (AvgIpc) is 2.28. The zero-order valence-corrected chi connectivity index (χ0v) is 9.86. The first kappa shape index (κ1) is 10.8. The quantitative estimate of drug-likeness (QED) is 0.856. The molecular formula is C12H16N4. The summed E-state index contributed by atoms with van der Waals surface area (Å²) in [4.78, 5) is 13.2. The van der Waals surface area contributed by atoms with Crippen molar-refractivity contribution in [3.05, 3.63) is 24.2 Å². The smallest absolute Gasteiger partial charge is 0.156 e. The number of hydrogen-bond acceptors (Lipinski definition) is 4. The number of pyridine rings is 1. The molecule has 0 fully saturated rings. The Labute approximate surface area is 95.1 Å². The standard InChI is InChI=1S/C12H16N4/c1-4-10-15-9-6-5-7-13-11(9)12(16-10)14-8(2)3/h5-8H,4H2,1-3H3,(H,14,15,16). The maximum absolute atomic E-state index is 4.47. The highest BCUT2D eigenvalue weighted by atomic mass is 15.1. The highest BCUT2D eigenvalue weighted by Crippen LogP contribution is 2.18. The first-order valence-corrected chi connectivity index (χ1v) is 5.59. The Morgan fingerprint density at radius 3 is 2.81 bits per heavy atom. The Kier molecular flexibility index (Phi) is 2.99. The van der Waals surface area contributed by atoms with Gasteiger partial charge in [-0.2, -0.15) is 0 Å². The second-order valence-electron chi connectivity index (χ2n) is 4.01. The van der Waals surface area contributed by atoms with Crippen LogP contribution in [0.15, 0.2) is 18.3 Å². The van der Waals surface area contributed by atoms with E-state index in [-0.39, 0.29) is 0 Å². The highest BCUT2D eigenvalue weighted by molar-refractivity contribution is 5.84. The van der Waals surface area contributed by atoms with Gasteiger partial charge in [0.05, 0.1) is 5.52 Å². The van der Waals surface area contributed by atoms with Crippen LogP contribution in [0.2, 0.25) is 0 Å². The molecule has 0 bridgehead atoms. The number of nitrogens with zero attached hydrogens (tertiary/aromatic N) is 3. The Balaban J connectivity index is 2.59. The van der Waals surface area contributed by atoms with Crippen LogP contribution in [0.25, 0.3) is 11.0 Å². The van der Waals surface area contributed by atoms with Gasteiger partial charge in [0.2, 0.25) is 0 Å². The molecule has 4 heteroatoms. The minimum Gasteiger partial charge on any atom is -0.366 e. The van der Waals surface area contributed by atoms with E-state index in [1.165, 1.54) is 0 Å². The van der Waals surface area contributed by atoms with E-state index in [1.807, 2.05) is 12.1 Å². The van der Waals surface area contributed by atoms with Crippen LogP contribution in [0.4, 0.5) is 5.82 Å². The molecule has 0 aliphatic carbocycles. The predicted octanol–water partition coefficient (Wildman–Crippen LogP) is 2.41. The molecule has 0 aliphatic heterocycles. The van der Waals surface area contributed by atoms with Crippen LogP contribution >= 0.6 is 0 Å². The van der Waals surface area contributed by atoms with Crippen LogP contribution in [0.3, 0.4) is 0 Å². The maximum atomic E-state index is 4.47. The minimum absolute atomic E-state index is 0.338. The molecule has 0 atom stereocenters. The lowest BCUT2D eigenvalue weighted by Gasteiger charge is -2.11. The fraction of sp³-hybridized carbons (Fsp3) is 0.417. The van der Waals surface area contributed by atoms with Gasteiger partial charge in [0, 0.05) is 18.7 Å². The molecule has 0 amide bonds. The van der Waals surface area contributed by atoms with Crippen LogP contribution in [-0.2, 0) is 6.42 Å². The van der Waals surface area contributed by atoms with Gasteiger partial charge in [-0.05, 0) is 26.0 Å². The normalized spacial score (nSPS) is 11.0. The van der Waals surface area contributed by atoms with E-state index in [0.717, 1.165) is 29.1 Å². The highest BCUT2D eigenvalue weighted by Gasteiger charge is 2.08. The van der Waals surface area contributed by atoms with Gasteiger partial charge in [-0.3, -0.25) is 4.98 Å². The number of fused-ring (bicyclic) bond motifs is 1. The molecule has 16 heavy (non-hydrogen) atoms. The SMILES string of the molecule is CCc1nc(NC(C)C)c2ncccc2n1. The van der Waals surface area contributed by atoms with Crippen molar-refractivity contribution >= 4 is 16.9 Å². The van der Waals surface area contributed by atoms with Crippen LogP contribution in [0, 0.1) is 0 Å². The second kappa shape index (κ2) is 4.43. The molecule has 84 valence electrons. The van der Waals surface area contributed by atoms with Crippen LogP contribution in [0.5, 0.6) is 0 Å². The van der Waals surface area contributed by atoms with Crippen LogP contribution in [-0.4, -0.2) is 21.0 Å². The van der Waals surface area contributed by atoms with E-state index in [2.05, 4.69) is 41.0 Å². The largest absolute Gasteiger partial charge is 0.366 e. The Bertz CT molecular complexity index is 493. The molecule has 0 saturated carbocycles. The molecular weight excluding hydrogens is 200 g/mol. The average molecular weight is 216 g/mol. The molecule has 2 aromatic heterocycles. The lowest BCUT2D eigenvalue weighted by molar-refractivity contribution is 0.875. The summed E-state index contributed by atoms with van der Waals surface area (Å²) < 4.78 is 0. The molecule has 2 aromatic rings. The summed E-state index contributed by atoms with van der Waals surface area (Å²) in [5.74, 6) is 1.68. The topological polar surface area (TPSA) is 50.7 Å². The summed E-state index contributed by atoms with van der Waals surface area (Å²) in [5.41, 5.74) is 1.74. The van der Waals surface area contributed by atoms with Crippen molar-refractivity contribution in [1.82, 2.24) is 15.0 Å². The summed E-state index contributed by atoms with van der Waals surface area (Å²) in [6, 6.07) is 4.20. The summed E-state index contributed by atoms with van der Waals surface area (Å²) in [7, 11) is 0. The van der Waals surface area contributed by atoms with E-state index >= 15 is 0 Å². The molecule has 2 rings (SSSR count). The number of hydrogen-bond donors (Lipinski definition) is 1. The molecule has 0 radical (unpaired) electrons. The molecule has 1 N–H and O–H groups in total. The number of aromatic nitrogens is 3. The summed E-state index contributed by atoms with van der Waals surface area (Å²) in [5, 5.41) is 3.31. The lowest BCUT2D eigenvalue weighted by atomic mass is 10.3. The summed E-state index contributed by atoms with van der Waals surface area (Å²) in [6.45, 7) is 6.22. The molecule has 0 spiro atoms. The van der Waals surface area contributed by atoms with Gasteiger partial charge in [-0.25, -0.2) is 9.97 Å². The third-order valence-electron chi connectivity index (χ3n) is 2.24. The Morgan fingerprint density at radius 1 is 1.31 bits per heavy atom. The van der Waals surface area contributed by atoms with Gasteiger partial charge < -0.3 is 5.32 Å². The van der Waals surface area contributed by atoms with Gasteiger partial charge >= 0.3 is 0 Å². The fourth-order valence-corrected chi connectivity index (χ4v) is 1.55. The van der Waals surface area contributed by atoms with Crippen molar-refractivity contribution in [2.75, 3.05) is 5.32 Å². The monoisotopic (exact) mass is 216 g/mol. The van der Waals surface area contributed by atoms with Crippen molar-refractivity contribution in [2.24, 2.45) is 0 Å². The van der Waals surface area contributed by atoms with Gasteiger partial charge in [-0.15, -0.1) is 0 Å². The number of anilines is 1. The van der Waals surface area contributed by atoms with Gasteiger partial charge in [0.15, 0.2) is 5.82 Å². The third-order valence-corrected chi connectivity index (χ3v) is 2.24. The molecule has 2 heterocycles. The molecule has 0 aromatic carbocycles. The molecule has 0 aliphatic rings. The summed E-state index contributed by atoms with van der Waals surface area (Å²) >= 11 is 0. The van der Waals surface area contributed by atoms with Crippen molar-refractivity contribution in [3.8, 4) is 0 Å². The van der Waals surface area contributed by atoms with Crippen molar-refractivity contribution < 1.29 is 0 Å². The summed E-state index contributed by atoms with van der Waals surface area (Å²) in [6.07, 6.45) is 2.60. The fourth-order valence-electron chi connectivity index (χ4n) is 1.55. The minimum atomic E-state index is 0.338. The van der Waals surface area contributed by atoms with E-state index < -0.39 is 0 Å². The van der Waals surface area contributed by atoms with Gasteiger partial charge in [0.25, 0.3) is 0 Å². The Morgan fingerprint density at radius 2 is 2.12 bits per heavy atom. The zero-order valence-electron chi connectivity index (χ0n) is 9.86. The van der Waals surface area contributed by atoms with E-state index in [4.69, 9.17) is 0 Å². The second-order valence-corrected chi connectivity index (χ2v) is 4.01. The number of rotatable bonds is 3. The van der Waals surface area contributed by atoms with Crippen molar-refractivity contribution in [2.45, 2.75) is 33.2 Å². The molecule has 0 saturated heterocycles. The van der Waals surface area contributed by atoms with Crippen molar-refractivity contribution in [1.29, 1.82) is 0 Å². The first-order chi connectivity index (χ1) is 7.70. The van der Waals surface area contributed by atoms with E-state index in [9.17, 15) is 0 Å². The third kappa shape index (κ3) is 2.10. The van der Waals surface area contributed by atoms with Crippen LogP contribution in [0.1, 0.15) is 26.6 Å². The zero-order chi connectivity index (χ0) is 11.5. The first-order valence-electron chi connectivity index (χ1n) is 5.59. The lowest BCUT2D eigenvalue weighted by Crippen LogP contribution is -2.13. The van der Waals surface area contributed by atoms with Crippen LogP contribution < -0.4 is 5.32 Å².